The summed E-state index contributed by atoms with van der Waals surface area (Å²) in [6.07, 6.45) is 0. The first-order valence-electron chi connectivity index (χ1n) is 4.46. The van der Waals surface area contributed by atoms with Gasteiger partial charge < -0.3 is 5.32 Å². The van der Waals surface area contributed by atoms with Gasteiger partial charge in [0.1, 0.15) is 0 Å². The minimum atomic E-state index is -0.531. The lowest BCUT2D eigenvalue weighted by molar-refractivity contribution is -0.117. The topological polar surface area (TPSA) is 29.1 Å². The number of hydrogen-bond donors (Lipinski definition) is 1. The van der Waals surface area contributed by atoms with Crippen molar-refractivity contribution in [3.05, 3.63) is 29.8 Å². The molecule has 1 amide bonds. The number of rotatable bonds is 2. The van der Waals surface area contributed by atoms with Gasteiger partial charge in [-0.3, -0.25) is 4.79 Å². The zero-order valence-electron chi connectivity index (χ0n) is 8.60. The molecule has 0 radical (unpaired) electrons. The average Bonchev–Trinajstić information content (AvgIpc) is 2.02. The summed E-state index contributed by atoms with van der Waals surface area (Å²) in [5.74, 6) is -0.0388. The van der Waals surface area contributed by atoms with Crippen molar-refractivity contribution in [2.24, 2.45) is 0 Å². The molecule has 1 N–H and O–H groups in total. The van der Waals surface area contributed by atoms with Crippen molar-refractivity contribution in [3.8, 4) is 0 Å². The highest BCUT2D eigenvalue weighted by atomic mass is 79.9. The Morgan fingerprint density at radius 2 is 2.07 bits per heavy atom. The first-order valence-corrected chi connectivity index (χ1v) is 5.26. The molecule has 14 heavy (non-hydrogen) atoms. The molecule has 0 saturated carbocycles. The number of carbonyl (C=O) groups excluding carboxylic acids is 1. The van der Waals surface area contributed by atoms with E-state index in [2.05, 4.69) is 21.2 Å². The van der Waals surface area contributed by atoms with Crippen molar-refractivity contribution >= 4 is 27.5 Å². The first kappa shape index (κ1) is 11.2. The third kappa shape index (κ3) is 3.14. The van der Waals surface area contributed by atoms with Gasteiger partial charge in [-0.2, -0.15) is 0 Å². The second-order valence-electron chi connectivity index (χ2n) is 3.80. The van der Waals surface area contributed by atoms with Gasteiger partial charge in [0.15, 0.2) is 0 Å². The predicted octanol–water partition coefficient (Wildman–Crippen LogP) is 3.11. The van der Waals surface area contributed by atoms with E-state index in [9.17, 15) is 4.79 Å². The maximum atomic E-state index is 11.6. The lowest BCUT2D eigenvalue weighted by atomic mass is 10.2. The Hall–Kier alpha value is -0.830. The summed E-state index contributed by atoms with van der Waals surface area (Å²) in [7, 11) is 0. The van der Waals surface area contributed by atoms with Crippen LogP contribution in [0.15, 0.2) is 24.3 Å². The van der Waals surface area contributed by atoms with Crippen LogP contribution >= 0.6 is 15.9 Å². The Morgan fingerprint density at radius 1 is 1.43 bits per heavy atom. The van der Waals surface area contributed by atoms with Crippen molar-refractivity contribution < 1.29 is 4.79 Å². The Labute approximate surface area is 92.8 Å². The van der Waals surface area contributed by atoms with E-state index in [1.54, 1.807) is 0 Å². The molecule has 0 saturated heterocycles. The van der Waals surface area contributed by atoms with E-state index >= 15 is 0 Å². The maximum absolute atomic E-state index is 11.6. The fraction of sp³-hybridized carbons (Fsp3) is 0.364. The van der Waals surface area contributed by atoms with Crippen LogP contribution in [0.25, 0.3) is 0 Å². The molecular formula is C11H14BrNO. The summed E-state index contributed by atoms with van der Waals surface area (Å²) >= 11 is 3.31. The summed E-state index contributed by atoms with van der Waals surface area (Å²) in [4.78, 5) is 11.6. The molecule has 0 fully saturated rings. The lowest BCUT2D eigenvalue weighted by Gasteiger charge is -2.15. The number of halogens is 1. The van der Waals surface area contributed by atoms with Gasteiger partial charge in [-0.05, 0) is 38.5 Å². The highest BCUT2D eigenvalue weighted by molar-refractivity contribution is 9.10. The molecule has 1 aromatic carbocycles. The zero-order valence-corrected chi connectivity index (χ0v) is 10.2. The minimum absolute atomic E-state index is 0.0388. The molecule has 0 aliphatic heterocycles. The van der Waals surface area contributed by atoms with Gasteiger partial charge in [0.2, 0.25) is 5.91 Å². The van der Waals surface area contributed by atoms with Crippen molar-refractivity contribution in [1.82, 2.24) is 0 Å². The fourth-order valence-corrected chi connectivity index (χ4v) is 1.10. The van der Waals surface area contributed by atoms with E-state index in [-0.39, 0.29) is 5.91 Å². The predicted molar refractivity (Wildman–Crippen MR) is 62.8 cm³/mol. The van der Waals surface area contributed by atoms with Crippen molar-refractivity contribution in [2.45, 2.75) is 25.1 Å². The Bertz CT molecular complexity index is 341. The molecule has 0 heterocycles. The van der Waals surface area contributed by atoms with Crippen LogP contribution in [0, 0.1) is 6.92 Å². The van der Waals surface area contributed by atoms with Crippen molar-refractivity contribution in [3.63, 3.8) is 0 Å². The smallest absolute Gasteiger partial charge is 0.240 e. The van der Waals surface area contributed by atoms with E-state index in [1.807, 2.05) is 45.0 Å². The van der Waals surface area contributed by atoms with Gasteiger partial charge in [-0.25, -0.2) is 0 Å². The summed E-state index contributed by atoms with van der Waals surface area (Å²) in [6, 6.07) is 7.74. The number of nitrogens with one attached hydrogen (secondary N) is 1. The second-order valence-corrected chi connectivity index (χ2v) is 5.78. The fourth-order valence-electron chi connectivity index (χ4n) is 1.00. The van der Waals surface area contributed by atoms with E-state index in [0.717, 1.165) is 11.3 Å². The van der Waals surface area contributed by atoms with E-state index in [4.69, 9.17) is 0 Å². The highest BCUT2D eigenvalue weighted by Gasteiger charge is 2.23. The second kappa shape index (κ2) is 4.13. The molecule has 2 nitrogen and oxygen atoms in total. The third-order valence-corrected chi connectivity index (χ3v) is 2.18. The monoisotopic (exact) mass is 255 g/mol. The molecule has 0 bridgehead atoms. The number of carbonyl (C=O) groups is 1. The van der Waals surface area contributed by atoms with Gasteiger partial charge in [-0.15, -0.1) is 0 Å². The van der Waals surface area contributed by atoms with Crippen LogP contribution < -0.4 is 5.32 Å². The SMILES string of the molecule is Cc1cccc(NC(=O)C(C)(C)Br)c1. The van der Waals surface area contributed by atoms with Crippen LogP contribution in [-0.4, -0.2) is 10.2 Å². The van der Waals surface area contributed by atoms with Crippen LogP contribution in [0.2, 0.25) is 0 Å². The van der Waals surface area contributed by atoms with Crippen LogP contribution in [0.1, 0.15) is 19.4 Å². The number of aryl methyl sites for hydroxylation is 1. The quantitative estimate of drug-likeness (QED) is 0.809. The summed E-state index contributed by atoms with van der Waals surface area (Å²) in [5.41, 5.74) is 1.97. The van der Waals surface area contributed by atoms with Gasteiger partial charge in [0.05, 0.1) is 4.32 Å². The standard InChI is InChI=1S/C11H14BrNO/c1-8-5-4-6-9(7-8)13-10(14)11(2,3)12/h4-7H,1-3H3,(H,13,14). The van der Waals surface area contributed by atoms with Crippen LogP contribution in [-0.2, 0) is 4.79 Å². The lowest BCUT2D eigenvalue weighted by Crippen LogP contribution is -2.30. The average molecular weight is 256 g/mol. The number of anilines is 1. The van der Waals surface area contributed by atoms with Crippen LogP contribution in [0.4, 0.5) is 5.69 Å². The molecule has 1 aromatic rings. The molecule has 0 unspecified atom stereocenters. The number of benzene rings is 1. The Balaban J connectivity index is 2.75. The van der Waals surface area contributed by atoms with Crippen molar-refractivity contribution in [1.29, 1.82) is 0 Å². The van der Waals surface area contributed by atoms with E-state index in [1.165, 1.54) is 0 Å². The van der Waals surface area contributed by atoms with Gasteiger partial charge in [0.25, 0.3) is 0 Å². The molecule has 0 atom stereocenters. The highest BCUT2D eigenvalue weighted by Crippen LogP contribution is 2.19. The summed E-state index contributed by atoms with van der Waals surface area (Å²) < 4.78 is -0.531. The molecular weight excluding hydrogens is 242 g/mol. The molecule has 0 spiro atoms. The zero-order chi connectivity index (χ0) is 10.8. The van der Waals surface area contributed by atoms with Gasteiger partial charge in [0, 0.05) is 5.69 Å². The van der Waals surface area contributed by atoms with E-state index < -0.39 is 4.32 Å². The Kier molecular flexibility index (Phi) is 3.32. The molecule has 76 valence electrons. The van der Waals surface area contributed by atoms with Crippen LogP contribution in [0.3, 0.4) is 0 Å². The summed E-state index contributed by atoms with van der Waals surface area (Å²) in [6.45, 7) is 5.63. The third-order valence-electron chi connectivity index (χ3n) is 1.82. The largest absolute Gasteiger partial charge is 0.325 e. The van der Waals surface area contributed by atoms with E-state index in [0.29, 0.717) is 0 Å². The minimum Gasteiger partial charge on any atom is -0.325 e. The maximum Gasteiger partial charge on any atom is 0.240 e. The summed E-state index contributed by atoms with van der Waals surface area (Å²) in [5, 5.41) is 2.84. The molecule has 0 aromatic heterocycles. The first-order chi connectivity index (χ1) is 6.39. The molecule has 0 aliphatic carbocycles. The number of hydrogen-bond acceptors (Lipinski definition) is 1. The molecule has 0 aliphatic rings. The number of alkyl halides is 1. The molecule has 1 rings (SSSR count). The van der Waals surface area contributed by atoms with Crippen LogP contribution in [0.5, 0.6) is 0 Å². The van der Waals surface area contributed by atoms with Gasteiger partial charge in [-0.1, -0.05) is 28.1 Å². The Morgan fingerprint density at radius 3 is 2.57 bits per heavy atom. The normalized spacial score (nSPS) is 11.1. The number of amides is 1. The van der Waals surface area contributed by atoms with Crippen molar-refractivity contribution in [2.75, 3.05) is 5.32 Å². The molecule has 3 heteroatoms. The van der Waals surface area contributed by atoms with Gasteiger partial charge >= 0.3 is 0 Å².